The zero-order chi connectivity index (χ0) is 20.9. The van der Waals surface area contributed by atoms with Crippen LogP contribution in [-0.2, 0) is 0 Å². The molecule has 0 fully saturated rings. The lowest BCUT2D eigenvalue weighted by Crippen LogP contribution is -2.03. The van der Waals surface area contributed by atoms with Crippen molar-refractivity contribution in [3.63, 3.8) is 0 Å². The average molecular weight is 409 g/mol. The van der Waals surface area contributed by atoms with Crippen LogP contribution < -0.4 is 20.2 Å². The van der Waals surface area contributed by atoms with Crippen molar-refractivity contribution in [1.82, 2.24) is 20.3 Å². The van der Waals surface area contributed by atoms with E-state index in [0.717, 1.165) is 5.56 Å². The lowest BCUT2D eigenvalue weighted by atomic mass is 10.2. The van der Waals surface area contributed by atoms with Crippen molar-refractivity contribution in [2.75, 3.05) is 25.0 Å². The third-order valence-electron chi connectivity index (χ3n) is 4.01. The van der Waals surface area contributed by atoms with Gasteiger partial charge in [-0.2, -0.15) is 10.1 Å². The second-order valence-corrected chi connectivity index (χ2v) is 5.95. The molecule has 0 atom stereocenters. The van der Waals surface area contributed by atoms with Gasteiger partial charge in [0.1, 0.15) is 5.82 Å². The molecule has 0 aliphatic heterocycles. The highest BCUT2D eigenvalue weighted by atomic mass is 19.1. The Labute approximate surface area is 169 Å². The maximum absolute atomic E-state index is 13.2. The third-order valence-corrected chi connectivity index (χ3v) is 4.01. The van der Waals surface area contributed by atoms with Crippen LogP contribution in [0.15, 0.2) is 52.2 Å². The minimum Gasteiger partial charge on any atom is -0.493 e. The molecule has 2 aromatic carbocycles. The Bertz CT molecular complexity index is 1190. The molecule has 0 amide bonds. The number of hydrogen-bond acceptors (Lipinski definition) is 10. The fourth-order valence-corrected chi connectivity index (χ4v) is 2.57. The minimum atomic E-state index is -0.347. The number of hydrogen-bond donors (Lipinski definition) is 2. The van der Waals surface area contributed by atoms with Gasteiger partial charge in [0.05, 0.1) is 20.4 Å². The summed E-state index contributed by atoms with van der Waals surface area (Å²) in [5.41, 5.74) is 4.62. The standard InChI is InChI=1S/C19H16FN7O3/c1-28-14-8-3-11(9-15(14)29-2)10-21-25-17-16(22-13-6-4-12(20)5-7-13)23-18-19(24-17)27-30-26-18/h3-10H,1-2H3,(H,22,23,26)(H,24,25,27)/b21-10-. The molecule has 2 N–H and O–H groups in total. The quantitative estimate of drug-likeness (QED) is 0.350. The third kappa shape index (κ3) is 4.09. The van der Waals surface area contributed by atoms with Gasteiger partial charge in [-0.05, 0) is 58.3 Å². The highest BCUT2D eigenvalue weighted by Gasteiger charge is 2.13. The lowest BCUT2D eigenvalue weighted by molar-refractivity contribution is 0.314. The molecule has 2 heterocycles. The molecule has 4 aromatic rings. The number of anilines is 3. The topological polar surface area (TPSA) is 120 Å². The van der Waals surface area contributed by atoms with E-state index in [1.807, 2.05) is 6.07 Å². The highest BCUT2D eigenvalue weighted by Crippen LogP contribution is 2.27. The van der Waals surface area contributed by atoms with Crippen LogP contribution in [0.4, 0.5) is 21.7 Å². The van der Waals surface area contributed by atoms with Gasteiger partial charge < -0.3 is 14.8 Å². The zero-order valence-electron chi connectivity index (χ0n) is 16.0. The van der Waals surface area contributed by atoms with Crippen molar-refractivity contribution < 1.29 is 18.5 Å². The van der Waals surface area contributed by atoms with E-state index < -0.39 is 0 Å². The van der Waals surface area contributed by atoms with Crippen LogP contribution in [-0.4, -0.2) is 40.7 Å². The molecule has 11 heteroatoms. The van der Waals surface area contributed by atoms with Gasteiger partial charge in [-0.25, -0.2) is 14.0 Å². The van der Waals surface area contributed by atoms with Gasteiger partial charge in [0.15, 0.2) is 23.1 Å². The summed E-state index contributed by atoms with van der Waals surface area (Å²) in [7, 11) is 3.12. The van der Waals surface area contributed by atoms with Crippen molar-refractivity contribution in [2.45, 2.75) is 0 Å². The molecule has 0 aliphatic rings. The number of nitrogens with one attached hydrogen (secondary N) is 2. The van der Waals surface area contributed by atoms with Gasteiger partial charge in [-0.15, -0.1) is 0 Å². The predicted octanol–water partition coefficient (Wildman–Crippen LogP) is 3.36. The smallest absolute Gasteiger partial charge is 0.245 e. The van der Waals surface area contributed by atoms with Crippen LogP contribution in [0, 0.1) is 5.82 Å². The number of benzene rings is 2. The van der Waals surface area contributed by atoms with Crippen molar-refractivity contribution in [3.8, 4) is 11.5 Å². The van der Waals surface area contributed by atoms with Gasteiger partial charge in [0.25, 0.3) is 0 Å². The minimum absolute atomic E-state index is 0.212. The van der Waals surface area contributed by atoms with Crippen molar-refractivity contribution in [1.29, 1.82) is 0 Å². The van der Waals surface area contributed by atoms with Crippen LogP contribution in [0.5, 0.6) is 11.5 Å². The van der Waals surface area contributed by atoms with E-state index in [-0.39, 0.29) is 22.9 Å². The second kappa shape index (κ2) is 8.39. The summed E-state index contributed by atoms with van der Waals surface area (Å²) in [6.07, 6.45) is 1.58. The maximum Gasteiger partial charge on any atom is 0.245 e. The van der Waals surface area contributed by atoms with E-state index in [9.17, 15) is 4.39 Å². The van der Waals surface area contributed by atoms with Crippen molar-refractivity contribution >= 4 is 34.8 Å². The van der Waals surface area contributed by atoms with E-state index in [0.29, 0.717) is 23.0 Å². The number of hydrazone groups is 1. The number of rotatable bonds is 7. The Hall–Kier alpha value is -4.28. The van der Waals surface area contributed by atoms with E-state index in [1.165, 1.54) is 12.1 Å². The summed E-state index contributed by atoms with van der Waals surface area (Å²) in [6.45, 7) is 0. The fraction of sp³-hybridized carbons (Fsp3) is 0.105. The molecule has 152 valence electrons. The molecule has 0 saturated carbocycles. The summed E-state index contributed by atoms with van der Waals surface area (Å²) in [4.78, 5) is 8.63. The average Bonchev–Trinajstić information content (AvgIpc) is 3.22. The monoisotopic (exact) mass is 409 g/mol. The van der Waals surface area contributed by atoms with Gasteiger partial charge in [-0.1, -0.05) is 0 Å². The number of methoxy groups -OCH3 is 2. The van der Waals surface area contributed by atoms with Crippen LogP contribution in [0.2, 0.25) is 0 Å². The molecule has 0 spiro atoms. The SMILES string of the molecule is COc1ccc(/C=N\Nc2nc3nonc3nc2Nc2ccc(F)cc2)cc1OC. The van der Waals surface area contributed by atoms with Crippen LogP contribution >= 0.6 is 0 Å². The second-order valence-electron chi connectivity index (χ2n) is 5.95. The number of halogens is 1. The Morgan fingerprint density at radius 3 is 2.33 bits per heavy atom. The molecule has 10 nitrogen and oxygen atoms in total. The molecule has 0 bridgehead atoms. The normalized spacial score (nSPS) is 11.0. The number of ether oxygens (including phenoxy) is 2. The Morgan fingerprint density at radius 2 is 1.63 bits per heavy atom. The van der Waals surface area contributed by atoms with Gasteiger partial charge in [0.2, 0.25) is 11.3 Å². The molecular formula is C19H16FN7O3. The Balaban J connectivity index is 1.59. The largest absolute Gasteiger partial charge is 0.493 e. The molecule has 2 aromatic heterocycles. The first-order chi connectivity index (χ1) is 14.7. The van der Waals surface area contributed by atoms with Gasteiger partial charge >= 0.3 is 0 Å². The summed E-state index contributed by atoms with van der Waals surface area (Å²) < 4.78 is 28.3. The van der Waals surface area contributed by atoms with Gasteiger partial charge in [-0.3, -0.25) is 5.43 Å². The molecular weight excluding hydrogens is 393 g/mol. The summed E-state index contributed by atoms with van der Waals surface area (Å²) >= 11 is 0. The van der Waals surface area contributed by atoms with Crippen molar-refractivity contribution in [3.05, 3.63) is 53.8 Å². The lowest BCUT2D eigenvalue weighted by Gasteiger charge is -2.09. The van der Waals surface area contributed by atoms with Crippen LogP contribution in [0.1, 0.15) is 5.56 Å². The summed E-state index contributed by atoms with van der Waals surface area (Å²) in [6, 6.07) is 11.2. The van der Waals surface area contributed by atoms with E-state index in [4.69, 9.17) is 9.47 Å². The molecule has 0 saturated heterocycles. The highest BCUT2D eigenvalue weighted by molar-refractivity contribution is 5.82. The summed E-state index contributed by atoms with van der Waals surface area (Å²) in [5, 5.41) is 14.6. The zero-order valence-corrected chi connectivity index (χ0v) is 16.0. The molecule has 0 radical (unpaired) electrons. The number of fused-ring (bicyclic) bond motifs is 1. The molecule has 30 heavy (non-hydrogen) atoms. The van der Waals surface area contributed by atoms with E-state index in [1.54, 1.807) is 44.7 Å². The van der Waals surface area contributed by atoms with Gasteiger partial charge in [0, 0.05) is 5.69 Å². The Morgan fingerprint density at radius 1 is 0.933 bits per heavy atom. The fourth-order valence-electron chi connectivity index (χ4n) is 2.57. The first-order valence-electron chi connectivity index (χ1n) is 8.70. The first-order valence-corrected chi connectivity index (χ1v) is 8.70. The van der Waals surface area contributed by atoms with Crippen LogP contribution in [0.3, 0.4) is 0 Å². The number of aromatic nitrogens is 4. The van der Waals surface area contributed by atoms with E-state index >= 15 is 0 Å². The van der Waals surface area contributed by atoms with E-state index in [2.05, 4.69) is 40.8 Å². The van der Waals surface area contributed by atoms with Crippen molar-refractivity contribution in [2.24, 2.45) is 5.10 Å². The van der Waals surface area contributed by atoms with Crippen LogP contribution in [0.25, 0.3) is 11.3 Å². The molecule has 4 rings (SSSR count). The number of nitrogens with zero attached hydrogens (tertiary/aromatic N) is 5. The Kier molecular flexibility index (Phi) is 5.33. The maximum atomic E-state index is 13.2. The first kappa shape index (κ1) is 19.1. The summed E-state index contributed by atoms with van der Waals surface area (Å²) in [5.74, 6) is 1.44. The molecule has 0 unspecified atom stereocenters. The predicted molar refractivity (Wildman–Crippen MR) is 108 cm³/mol. The molecule has 0 aliphatic carbocycles.